The van der Waals surface area contributed by atoms with E-state index in [1.165, 1.54) is 0 Å². The van der Waals surface area contributed by atoms with Crippen molar-refractivity contribution in [3.8, 4) is 5.75 Å². The van der Waals surface area contributed by atoms with Crippen LogP contribution >= 0.6 is 39.1 Å². The SMILES string of the molecule is O=C(CCOc1cc(Cl)c(Br)cc1Cl)c1ccccc1. The van der Waals surface area contributed by atoms with Crippen LogP contribution in [0.15, 0.2) is 46.9 Å². The fourth-order valence-electron chi connectivity index (χ4n) is 1.64. The summed E-state index contributed by atoms with van der Waals surface area (Å²) in [5, 5.41) is 0.965. The van der Waals surface area contributed by atoms with Crippen LogP contribution in [0.2, 0.25) is 10.0 Å². The number of ether oxygens (including phenoxy) is 1. The summed E-state index contributed by atoms with van der Waals surface area (Å²) < 4.78 is 6.21. The minimum Gasteiger partial charge on any atom is -0.492 e. The zero-order valence-electron chi connectivity index (χ0n) is 10.4. The van der Waals surface area contributed by atoms with Crippen molar-refractivity contribution in [2.75, 3.05) is 6.61 Å². The van der Waals surface area contributed by atoms with Crippen molar-refractivity contribution < 1.29 is 9.53 Å². The standard InChI is InChI=1S/C15H11BrCl2O2/c16-11-8-13(18)15(9-12(11)17)20-7-6-14(19)10-4-2-1-3-5-10/h1-5,8-9H,6-7H2. The summed E-state index contributed by atoms with van der Waals surface area (Å²) >= 11 is 15.3. The molecule has 0 atom stereocenters. The topological polar surface area (TPSA) is 26.3 Å². The van der Waals surface area contributed by atoms with Crippen LogP contribution in [0.5, 0.6) is 5.75 Å². The molecule has 0 aliphatic carbocycles. The largest absolute Gasteiger partial charge is 0.492 e. The number of hydrogen-bond acceptors (Lipinski definition) is 2. The summed E-state index contributed by atoms with van der Waals surface area (Å²) in [6.07, 6.45) is 0.286. The summed E-state index contributed by atoms with van der Waals surface area (Å²) in [6.45, 7) is 0.255. The van der Waals surface area contributed by atoms with Gasteiger partial charge in [0.1, 0.15) is 5.75 Å². The van der Waals surface area contributed by atoms with E-state index in [0.29, 0.717) is 25.8 Å². The van der Waals surface area contributed by atoms with Crippen LogP contribution < -0.4 is 4.74 Å². The second-order valence-electron chi connectivity index (χ2n) is 4.08. The fraction of sp³-hybridized carbons (Fsp3) is 0.133. The molecule has 0 unspecified atom stereocenters. The van der Waals surface area contributed by atoms with Gasteiger partial charge in [-0.1, -0.05) is 53.5 Å². The number of ketones is 1. The van der Waals surface area contributed by atoms with E-state index in [4.69, 9.17) is 27.9 Å². The first kappa shape index (κ1) is 15.4. The van der Waals surface area contributed by atoms with Crippen LogP contribution in [-0.4, -0.2) is 12.4 Å². The van der Waals surface area contributed by atoms with Crippen LogP contribution in [0.3, 0.4) is 0 Å². The van der Waals surface area contributed by atoms with Crippen molar-refractivity contribution in [3.05, 3.63) is 62.5 Å². The van der Waals surface area contributed by atoms with E-state index in [0.717, 1.165) is 0 Å². The van der Waals surface area contributed by atoms with E-state index in [-0.39, 0.29) is 18.8 Å². The molecule has 2 aromatic carbocycles. The van der Waals surface area contributed by atoms with Gasteiger partial charge in [-0.2, -0.15) is 0 Å². The molecule has 0 saturated carbocycles. The minimum absolute atomic E-state index is 0.0323. The van der Waals surface area contributed by atoms with Crippen molar-refractivity contribution >= 4 is 44.9 Å². The van der Waals surface area contributed by atoms with Crippen LogP contribution in [0.25, 0.3) is 0 Å². The number of carbonyl (C=O) groups excluding carboxylic acids is 1. The van der Waals surface area contributed by atoms with Crippen molar-refractivity contribution in [1.82, 2.24) is 0 Å². The first-order chi connectivity index (χ1) is 9.58. The molecule has 0 bridgehead atoms. The molecule has 0 radical (unpaired) electrons. The number of carbonyl (C=O) groups is 1. The summed E-state index contributed by atoms with van der Waals surface area (Å²) in [4.78, 5) is 11.9. The molecule has 0 spiro atoms. The Hall–Kier alpha value is -1.03. The maximum atomic E-state index is 11.9. The molecule has 0 aromatic heterocycles. The Kier molecular flexibility index (Phi) is 5.46. The summed E-state index contributed by atoms with van der Waals surface area (Å²) in [5.41, 5.74) is 0.677. The first-order valence-electron chi connectivity index (χ1n) is 5.93. The van der Waals surface area contributed by atoms with Gasteiger partial charge < -0.3 is 4.74 Å². The van der Waals surface area contributed by atoms with Crippen molar-refractivity contribution in [3.63, 3.8) is 0 Å². The molecular formula is C15H11BrCl2O2. The van der Waals surface area contributed by atoms with Gasteiger partial charge in [-0.25, -0.2) is 0 Å². The number of benzene rings is 2. The molecule has 20 heavy (non-hydrogen) atoms. The average Bonchev–Trinajstić information content (AvgIpc) is 2.45. The lowest BCUT2D eigenvalue weighted by molar-refractivity contribution is 0.0962. The monoisotopic (exact) mass is 372 g/mol. The molecule has 2 rings (SSSR count). The van der Waals surface area contributed by atoms with Crippen LogP contribution in [0.4, 0.5) is 0 Å². The molecule has 0 fully saturated rings. The third-order valence-electron chi connectivity index (χ3n) is 2.66. The Morgan fingerprint density at radius 1 is 1.10 bits per heavy atom. The molecule has 104 valence electrons. The predicted molar refractivity (Wildman–Crippen MR) is 85.0 cm³/mol. The molecule has 0 aliphatic heterocycles. The van der Waals surface area contributed by atoms with Gasteiger partial charge in [0.15, 0.2) is 5.78 Å². The third-order valence-corrected chi connectivity index (χ3v) is 4.15. The Morgan fingerprint density at radius 2 is 1.80 bits per heavy atom. The van der Waals surface area contributed by atoms with Crippen LogP contribution in [0, 0.1) is 0 Å². The molecule has 2 nitrogen and oxygen atoms in total. The molecule has 0 saturated heterocycles. The molecule has 5 heteroatoms. The highest BCUT2D eigenvalue weighted by atomic mass is 79.9. The summed E-state index contributed by atoms with van der Waals surface area (Å²) in [5.74, 6) is 0.505. The van der Waals surface area contributed by atoms with Gasteiger partial charge in [0.05, 0.1) is 16.7 Å². The Bertz CT molecular complexity index is 615. The van der Waals surface area contributed by atoms with E-state index in [1.54, 1.807) is 24.3 Å². The third kappa shape index (κ3) is 3.98. The van der Waals surface area contributed by atoms with Crippen molar-refractivity contribution in [2.24, 2.45) is 0 Å². The maximum absolute atomic E-state index is 11.9. The molecule has 2 aromatic rings. The molecule has 0 N–H and O–H groups in total. The van der Waals surface area contributed by atoms with Gasteiger partial charge in [-0.3, -0.25) is 4.79 Å². The maximum Gasteiger partial charge on any atom is 0.166 e. The number of halogens is 3. The molecule has 0 amide bonds. The summed E-state index contributed by atoms with van der Waals surface area (Å²) in [6, 6.07) is 12.4. The zero-order valence-corrected chi connectivity index (χ0v) is 13.5. The number of hydrogen-bond donors (Lipinski definition) is 0. The smallest absolute Gasteiger partial charge is 0.166 e. The second kappa shape index (κ2) is 7.11. The van der Waals surface area contributed by atoms with E-state index < -0.39 is 0 Å². The van der Waals surface area contributed by atoms with Crippen molar-refractivity contribution in [2.45, 2.75) is 6.42 Å². The van der Waals surface area contributed by atoms with Gasteiger partial charge in [0.25, 0.3) is 0 Å². The molecule has 0 heterocycles. The zero-order chi connectivity index (χ0) is 14.5. The second-order valence-corrected chi connectivity index (χ2v) is 5.75. The van der Waals surface area contributed by atoms with Gasteiger partial charge in [0, 0.05) is 22.5 Å². The average molecular weight is 374 g/mol. The van der Waals surface area contributed by atoms with E-state index in [9.17, 15) is 4.79 Å². The highest BCUT2D eigenvalue weighted by Gasteiger charge is 2.09. The number of Topliss-reactive ketones (excluding diaryl/α,β-unsaturated/α-hetero) is 1. The van der Waals surface area contributed by atoms with Crippen molar-refractivity contribution in [1.29, 1.82) is 0 Å². The number of rotatable bonds is 5. The quantitative estimate of drug-likeness (QED) is 0.517. The van der Waals surface area contributed by atoms with Gasteiger partial charge in [-0.05, 0) is 22.0 Å². The van der Waals surface area contributed by atoms with Gasteiger partial charge >= 0.3 is 0 Å². The minimum atomic E-state index is 0.0323. The van der Waals surface area contributed by atoms with E-state index in [2.05, 4.69) is 15.9 Å². The molecular weight excluding hydrogens is 363 g/mol. The highest BCUT2D eigenvalue weighted by molar-refractivity contribution is 9.10. The summed E-state index contributed by atoms with van der Waals surface area (Å²) in [7, 11) is 0. The Balaban J connectivity index is 1.94. The lowest BCUT2D eigenvalue weighted by Gasteiger charge is -2.09. The first-order valence-corrected chi connectivity index (χ1v) is 7.48. The fourth-order valence-corrected chi connectivity index (χ4v) is 2.48. The van der Waals surface area contributed by atoms with Crippen LogP contribution in [-0.2, 0) is 0 Å². The Morgan fingerprint density at radius 3 is 2.50 bits per heavy atom. The van der Waals surface area contributed by atoms with Gasteiger partial charge in [-0.15, -0.1) is 0 Å². The lowest BCUT2D eigenvalue weighted by Crippen LogP contribution is -2.06. The van der Waals surface area contributed by atoms with E-state index >= 15 is 0 Å². The Labute approximate surface area is 135 Å². The highest BCUT2D eigenvalue weighted by Crippen LogP contribution is 2.34. The van der Waals surface area contributed by atoms with Crippen LogP contribution in [0.1, 0.15) is 16.8 Å². The molecule has 0 aliphatic rings. The van der Waals surface area contributed by atoms with E-state index in [1.807, 2.05) is 18.2 Å². The van der Waals surface area contributed by atoms with Gasteiger partial charge in [0.2, 0.25) is 0 Å². The predicted octanol–water partition coefficient (Wildman–Crippen LogP) is 5.41. The normalized spacial score (nSPS) is 10.3. The lowest BCUT2D eigenvalue weighted by atomic mass is 10.1.